The molecule has 0 aliphatic rings. The number of thiophene rings is 1. The number of rotatable bonds is 6. The van der Waals surface area contributed by atoms with E-state index in [0.29, 0.717) is 12.4 Å². The lowest BCUT2D eigenvalue weighted by Crippen LogP contribution is -2.26. The van der Waals surface area contributed by atoms with E-state index < -0.39 is 10.0 Å². The van der Waals surface area contributed by atoms with Crippen LogP contribution in [0.2, 0.25) is 0 Å². The van der Waals surface area contributed by atoms with Gasteiger partial charge in [-0.25, -0.2) is 13.4 Å². The fourth-order valence-corrected chi connectivity index (χ4v) is 3.49. The fourth-order valence-electron chi connectivity index (χ4n) is 1.72. The number of pyridine rings is 1. The van der Waals surface area contributed by atoms with E-state index in [-0.39, 0.29) is 4.90 Å². The highest BCUT2D eigenvalue weighted by Gasteiger charge is 2.21. The third kappa shape index (κ3) is 3.36. The number of nitrogens with zero attached hydrogens (tertiary/aromatic N) is 2. The van der Waals surface area contributed by atoms with Gasteiger partial charge in [0.25, 0.3) is 0 Å². The van der Waals surface area contributed by atoms with Gasteiger partial charge in [-0.3, -0.25) is 0 Å². The second kappa shape index (κ2) is 6.34. The molecule has 0 amide bonds. The molecule has 0 aliphatic heterocycles. The molecule has 0 unspecified atom stereocenters. The smallest absolute Gasteiger partial charge is 0.244 e. The maximum absolute atomic E-state index is 12.4. The predicted octanol–water partition coefficient (Wildman–Crippen LogP) is 2.40. The second-order valence-corrected chi connectivity index (χ2v) is 7.13. The zero-order valence-corrected chi connectivity index (χ0v) is 13.0. The SMILES string of the molecule is CCNc1ccc(S(=O)(=O)N(C)Cc2ccsc2)cn1. The maximum atomic E-state index is 12.4. The first kappa shape index (κ1) is 15.0. The summed E-state index contributed by atoms with van der Waals surface area (Å²) in [6.45, 7) is 3.07. The fraction of sp³-hybridized carbons (Fsp3) is 0.308. The molecule has 108 valence electrons. The van der Waals surface area contributed by atoms with Crippen LogP contribution in [0.4, 0.5) is 5.82 Å². The number of aromatic nitrogens is 1. The molecule has 20 heavy (non-hydrogen) atoms. The minimum atomic E-state index is -3.50. The van der Waals surface area contributed by atoms with E-state index in [9.17, 15) is 8.42 Å². The number of anilines is 1. The Balaban J connectivity index is 2.16. The van der Waals surface area contributed by atoms with Crippen LogP contribution in [0, 0.1) is 0 Å². The van der Waals surface area contributed by atoms with Gasteiger partial charge in [0.2, 0.25) is 10.0 Å². The summed E-state index contributed by atoms with van der Waals surface area (Å²) in [7, 11) is -1.92. The molecule has 1 N–H and O–H groups in total. The van der Waals surface area contributed by atoms with Crippen LogP contribution in [0.3, 0.4) is 0 Å². The molecule has 0 saturated heterocycles. The monoisotopic (exact) mass is 311 g/mol. The van der Waals surface area contributed by atoms with Crippen LogP contribution in [0.5, 0.6) is 0 Å². The molecular formula is C13H17N3O2S2. The second-order valence-electron chi connectivity index (χ2n) is 4.30. The molecule has 7 heteroatoms. The van der Waals surface area contributed by atoms with Crippen molar-refractivity contribution in [3.63, 3.8) is 0 Å². The topological polar surface area (TPSA) is 62.3 Å². The first-order chi connectivity index (χ1) is 9.54. The van der Waals surface area contributed by atoms with Crippen LogP contribution in [0.15, 0.2) is 40.1 Å². The summed E-state index contributed by atoms with van der Waals surface area (Å²) in [6.07, 6.45) is 1.39. The average molecular weight is 311 g/mol. The molecule has 0 atom stereocenters. The van der Waals surface area contributed by atoms with Crippen molar-refractivity contribution in [2.45, 2.75) is 18.4 Å². The van der Waals surface area contributed by atoms with Gasteiger partial charge in [-0.15, -0.1) is 0 Å². The molecule has 0 aromatic carbocycles. The van der Waals surface area contributed by atoms with Gasteiger partial charge in [0.15, 0.2) is 0 Å². The van der Waals surface area contributed by atoms with Crippen LogP contribution < -0.4 is 5.32 Å². The van der Waals surface area contributed by atoms with Gasteiger partial charge >= 0.3 is 0 Å². The Bertz CT molecular complexity index is 637. The maximum Gasteiger partial charge on any atom is 0.244 e. The summed E-state index contributed by atoms with van der Waals surface area (Å²) in [5.41, 5.74) is 0.985. The van der Waals surface area contributed by atoms with Crippen LogP contribution in [0.1, 0.15) is 12.5 Å². The molecule has 0 bridgehead atoms. The van der Waals surface area contributed by atoms with Gasteiger partial charge < -0.3 is 5.32 Å². The van der Waals surface area contributed by atoms with Gasteiger partial charge in [0, 0.05) is 26.3 Å². The third-order valence-corrected chi connectivity index (χ3v) is 5.31. The number of hydrogen-bond acceptors (Lipinski definition) is 5. The highest BCUT2D eigenvalue weighted by Crippen LogP contribution is 2.18. The Kier molecular flexibility index (Phi) is 4.74. The average Bonchev–Trinajstić information content (AvgIpc) is 2.92. The van der Waals surface area contributed by atoms with E-state index in [1.807, 2.05) is 23.8 Å². The Morgan fingerprint density at radius 3 is 2.70 bits per heavy atom. The van der Waals surface area contributed by atoms with Crippen molar-refractivity contribution in [2.24, 2.45) is 0 Å². The Morgan fingerprint density at radius 2 is 2.15 bits per heavy atom. The van der Waals surface area contributed by atoms with Crippen molar-refractivity contribution in [1.82, 2.24) is 9.29 Å². The van der Waals surface area contributed by atoms with Crippen molar-refractivity contribution in [1.29, 1.82) is 0 Å². The summed E-state index contributed by atoms with van der Waals surface area (Å²) in [6, 6.07) is 5.17. The Labute approximate surface area is 123 Å². The molecule has 2 rings (SSSR count). The van der Waals surface area contributed by atoms with Crippen molar-refractivity contribution in [2.75, 3.05) is 18.9 Å². The first-order valence-corrected chi connectivity index (χ1v) is 8.59. The highest BCUT2D eigenvalue weighted by molar-refractivity contribution is 7.89. The number of sulfonamides is 1. The predicted molar refractivity (Wildman–Crippen MR) is 81.4 cm³/mol. The molecule has 0 saturated carbocycles. The van der Waals surface area contributed by atoms with Gasteiger partial charge in [0.05, 0.1) is 0 Å². The summed E-state index contributed by atoms with van der Waals surface area (Å²) in [5, 5.41) is 6.91. The lowest BCUT2D eigenvalue weighted by molar-refractivity contribution is 0.467. The van der Waals surface area contributed by atoms with Crippen molar-refractivity contribution in [3.05, 3.63) is 40.7 Å². The minimum absolute atomic E-state index is 0.205. The largest absolute Gasteiger partial charge is 0.370 e. The molecule has 5 nitrogen and oxygen atoms in total. The summed E-state index contributed by atoms with van der Waals surface area (Å²) in [5.74, 6) is 0.673. The van der Waals surface area contributed by atoms with Crippen LogP contribution in [0.25, 0.3) is 0 Å². The van der Waals surface area contributed by atoms with Gasteiger partial charge in [-0.1, -0.05) is 0 Å². The lowest BCUT2D eigenvalue weighted by atomic mass is 10.3. The zero-order chi connectivity index (χ0) is 14.6. The van der Waals surface area contributed by atoms with E-state index in [4.69, 9.17) is 0 Å². The van der Waals surface area contributed by atoms with Crippen molar-refractivity contribution >= 4 is 27.2 Å². The van der Waals surface area contributed by atoms with Crippen molar-refractivity contribution < 1.29 is 8.42 Å². The summed E-state index contributed by atoms with van der Waals surface area (Å²) >= 11 is 1.55. The summed E-state index contributed by atoms with van der Waals surface area (Å²) in [4.78, 5) is 4.30. The van der Waals surface area contributed by atoms with E-state index in [1.54, 1.807) is 30.5 Å². The third-order valence-electron chi connectivity index (χ3n) is 2.79. The van der Waals surface area contributed by atoms with Crippen LogP contribution >= 0.6 is 11.3 Å². The molecule has 2 aromatic rings. The standard InChI is InChI=1S/C13H17N3O2S2/c1-3-14-13-5-4-12(8-15-13)20(17,18)16(2)9-11-6-7-19-10-11/h4-8,10H,3,9H2,1-2H3,(H,14,15). The first-order valence-electron chi connectivity index (χ1n) is 6.21. The molecule has 0 fully saturated rings. The quantitative estimate of drug-likeness (QED) is 0.890. The van der Waals surface area contributed by atoms with Gasteiger partial charge in [-0.05, 0) is 41.4 Å². The van der Waals surface area contributed by atoms with Crippen LogP contribution in [-0.2, 0) is 16.6 Å². The number of nitrogens with one attached hydrogen (secondary N) is 1. The van der Waals surface area contributed by atoms with E-state index >= 15 is 0 Å². The Morgan fingerprint density at radius 1 is 1.35 bits per heavy atom. The van der Waals surface area contributed by atoms with E-state index in [0.717, 1.165) is 12.1 Å². The van der Waals surface area contributed by atoms with Gasteiger partial charge in [-0.2, -0.15) is 15.6 Å². The zero-order valence-electron chi connectivity index (χ0n) is 11.4. The minimum Gasteiger partial charge on any atom is -0.370 e. The molecule has 2 heterocycles. The molecule has 0 radical (unpaired) electrons. The van der Waals surface area contributed by atoms with Crippen LogP contribution in [-0.4, -0.2) is 31.3 Å². The highest BCUT2D eigenvalue weighted by atomic mass is 32.2. The lowest BCUT2D eigenvalue weighted by Gasteiger charge is -2.16. The molecular weight excluding hydrogens is 294 g/mol. The summed E-state index contributed by atoms with van der Waals surface area (Å²) < 4.78 is 26.1. The Hall–Kier alpha value is -1.44. The molecule has 0 spiro atoms. The number of hydrogen-bond donors (Lipinski definition) is 1. The van der Waals surface area contributed by atoms with E-state index in [1.165, 1.54) is 10.5 Å². The van der Waals surface area contributed by atoms with Gasteiger partial charge in [0.1, 0.15) is 10.7 Å². The molecule has 2 aromatic heterocycles. The van der Waals surface area contributed by atoms with Crippen molar-refractivity contribution in [3.8, 4) is 0 Å². The molecule has 0 aliphatic carbocycles. The van der Waals surface area contributed by atoms with E-state index in [2.05, 4.69) is 10.3 Å². The normalized spacial score (nSPS) is 11.8.